The van der Waals surface area contributed by atoms with Gasteiger partial charge in [0.2, 0.25) is 0 Å². The Morgan fingerprint density at radius 3 is 1.07 bits per heavy atom. The number of nitrogen functional groups attached to an aromatic ring is 1. The Morgan fingerprint density at radius 1 is 0.398 bits per heavy atom. The summed E-state index contributed by atoms with van der Waals surface area (Å²) in [5.41, 5.74) is 15.0. The van der Waals surface area contributed by atoms with Gasteiger partial charge in [0.05, 0.1) is 27.9 Å². The molecule has 0 heterocycles. The number of aryl methyl sites for hydroxylation is 1. The molecule has 0 atom stereocenters. The Labute approximate surface area is 759 Å². The number of nitrogens with two attached hydrogens (primary N) is 1. The number of thioether (sulfide) groups is 12. The number of hydrogen-bond acceptors (Lipinski definition) is 27. The minimum absolute atomic E-state index is 0.00675. The molecule has 0 spiro atoms. The van der Waals surface area contributed by atoms with Gasteiger partial charge in [0, 0.05) is 233 Å². The summed E-state index contributed by atoms with van der Waals surface area (Å²) in [6, 6.07) is 48.5. The van der Waals surface area contributed by atoms with Crippen molar-refractivity contribution in [3.8, 4) is 0 Å². The maximum atomic E-state index is 13.0. The van der Waals surface area contributed by atoms with Crippen molar-refractivity contribution in [2.24, 2.45) is 0 Å². The zero-order valence-electron chi connectivity index (χ0n) is 71.2. The second-order valence-electron chi connectivity index (χ2n) is 26.6. The van der Waals surface area contributed by atoms with Crippen molar-refractivity contribution >= 4 is 219 Å². The van der Waals surface area contributed by atoms with Gasteiger partial charge in [-0.25, -0.2) is 0 Å². The third kappa shape index (κ3) is 46.5. The quantitative estimate of drug-likeness (QED) is 0.00939. The van der Waals surface area contributed by atoms with Crippen molar-refractivity contribution in [3.63, 3.8) is 0 Å². The highest BCUT2D eigenvalue weighted by atomic mass is 32.2. The molecule has 2 N–H and O–H groups in total. The van der Waals surface area contributed by atoms with Crippen molar-refractivity contribution in [2.75, 3.05) is 241 Å². The predicted molar refractivity (Wildman–Crippen MR) is 545 cm³/mol. The van der Waals surface area contributed by atoms with Crippen molar-refractivity contribution in [2.45, 2.75) is 80.1 Å². The maximum absolute atomic E-state index is 13.0. The molecule has 7 rings (SSSR count). The summed E-state index contributed by atoms with van der Waals surface area (Å²) in [7, 11) is -1.84. The largest absolute Gasteiger partial charge is 0.399 e. The first-order valence-corrected chi connectivity index (χ1v) is 56.1. The number of nitro benzene ring substituents is 2. The third-order valence-electron chi connectivity index (χ3n) is 17.8. The fourth-order valence-corrected chi connectivity index (χ4v) is 23.0. The molecule has 0 aromatic heterocycles. The van der Waals surface area contributed by atoms with Crippen LogP contribution in [0.5, 0.6) is 0 Å². The van der Waals surface area contributed by atoms with Gasteiger partial charge < -0.3 is 30.2 Å². The predicted octanol–water partition coefficient (Wildman–Crippen LogP) is 22.0. The number of likely N-dealkylation sites (N-methyl/N-ethyl adjacent to an activating group) is 1. The molecule has 0 saturated heterocycles. The van der Waals surface area contributed by atoms with Gasteiger partial charge in [-0.1, -0.05) is 96.5 Å². The van der Waals surface area contributed by atoms with Crippen LogP contribution in [-0.2, 0) is 25.5 Å². The van der Waals surface area contributed by atoms with Gasteiger partial charge in [-0.3, -0.25) is 34.0 Å². The second kappa shape index (κ2) is 66.4. The van der Waals surface area contributed by atoms with Crippen LogP contribution in [0, 0.1) is 27.2 Å². The van der Waals surface area contributed by atoms with Crippen LogP contribution >= 0.6 is 141 Å². The van der Waals surface area contributed by atoms with E-state index in [2.05, 4.69) is 122 Å². The van der Waals surface area contributed by atoms with Crippen LogP contribution < -0.4 is 30.2 Å². The lowest BCUT2D eigenvalue weighted by molar-refractivity contribution is -0.385. The number of carbonyl (C=O) groups excluding carboxylic acids is 2. The average Bonchev–Trinajstić information content (AvgIpc) is 0.805. The first-order chi connectivity index (χ1) is 57.2. The van der Waals surface area contributed by atoms with E-state index >= 15 is 0 Å². The molecule has 0 saturated carbocycles. The van der Waals surface area contributed by atoms with Gasteiger partial charge in [0.15, 0.2) is 11.6 Å². The Bertz CT molecular complexity index is 3900. The third-order valence-corrected chi connectivity index (χ3v) is 31.9. The molecule has 7 aromatic rings. The highest BCUT2D eigenvalue weighted by molar-refractivity contribution is 8.05. The zero-order chi connectivity index (χ0) is 85.8. The van der Waals surface area contributed by atoms with Crippen molar-refractivity contribution in [1.82, 2.24) is 0 Å². The Balaban J connectivity index is 0.000000341. The molecule has 0 fully saturated rings. The molecule has 7 aromatic carbocycles. The summed E-state index contributed by atoms with van der Waals surface area (Å²) < 4.78 is 29.6. The normalized spacial score (nSPS) is 11.1. The van der Waals surface area contributed by atoms with Crippen molar-refractivity contribution in [1.29, 1.82) is 0 Å². The maximum Gasteiger partial charge on any atom is 0.297 e. The van der Waals surface area contributed by atoms with E-state index in [1.165, 1.54) is 151 Å². The molecule has 0 amide bonds. The lowest BCUT2D eigenvalue weighted by Gasteiger charge is -2.25. The smallest absolute Gasteiger partial charge is 0.297 e. The van der Waals surface area contributed by atoms with Crippen molar-refractivity contribution in [3.05, 3.63) is 195 Å². The highest BCUT2D eigenvalue weighted by Crippen LogP contribution is 2.28. The number of hydrogen-bond donors (Lipinski definition) is 1. The van der Waals surface area contributed by atoms with Crippen LogP contribution in [0.1, 0.15) is 83.3 Å². The molecule has 0 aliphatic heterocycles. The minimum Gasteiger partial charge on any atom is -0.399 e. The monoisotopic (exact) mass is 1860 g/mol. The van der Waals surface area contributed by atoms with Crippen LogP contribution in [-0.4, -0.2) is 240 Å². The number of Topliss-reactive ketones (excluding diaryl/α,β-unsaturated/α-hetero) is 2. The molecule has 30 heteroatoms. The number of carbonyl (C=O) groups is 2. The summed E-state index contributed by atoms with van der Waals surface area (Å²) in [6.45, 7) is 26.5. The average molecular weight is 1860 g/mol. The molecule has 0 radical (unpaired) electrons. The zero-order valence-corrected chi connectivity index (χ0v) is 81.8. The lowest BCUT2D eigenvalue weighted by Crippen LogP contribution is -2.29. The van der Waals surface area contributed by atoms with E-state index in [0.717, 1.165) is 113 Å². The highest BCUT2D eigenvalue weighted by Gasteiger charge is 2.19. The molecule has 0 unspecified atom stereocenters. The number of ketones is 2. The number of nitrogens with zero attached hydrogens (tertiary/aromatic N) is 7. The first kappa shape index (κ1) is 106. The summed E-state index contributed by atoms with van der Waals surface area (Å²) in [5, 5.41) is 23.7. The summed E-state index contributed by atoms with van der Waals surface area (Å²) in [6.07, 6.45) is 1.28. The van der Waals surface area contributed by atoms with Gasteiger partial charge in [-0.05, 0) is 162 Å². The minimum atomic E-state index is -3.80. The number of rotatable bonds is 61. The fourth-order valence-electron chi connectivity index (χ4n) is 11.4. The van der Waals surface area contributed by atoms with E-state index in [-0.39, 0.29) is 39.4 Å². The lowest BCUT2D eigenvalue weighted by atomic mass is 10.0. The second-order valence-corrected chi connectivity index (χ2v) is 43.9. The molecule has 17 nitrogen and oxygen atoms in total. The number of nitro groups is 2. The molecule has 118 heavy (non-hydrogen) atoms. The summed E-state index contributed by atoms with van der Waals surface area (Å²) >= 11 is 24.3. The molecule has 654 valence electrons. The molecule has 0 aliphatic carbocycles. The van der Waals surface area contributed by atoms with E-state index in [1.807, 2.05) is 203 Å². The molecular formula is C88H130N8O9S13. The summed E-state index contributed by atoms with van der Waals surface area (Å²) in [5.74, 6) is 29.1. The van der Waals surface area contributed by atoms with Gasteiger partial charge >= 0.3 is 0 Å². The number of benzene rings is 7. The number of fused-ring (bicyclic) bond motifs is 1. The summed E-state index contributed by atoms with van der Waals surface area (Å²) in [4.78, 5) is 57.0. The van der Waals surface area contributed by atoms with Crippen LogP contribution in [0.25, 0.3) is 10.8 Å². The van der Waals surface area contributed by atoms with Crippen LogP contribution in [0.15, 0.2) is 163 Å². The van der Waals surface area contributed by atoms with Crippen LogP contribution in [0.2, 0.25) is 0 Å². The fraction of sp³-hybridized carbons (Fsp3) is 0.523. The Kier molecular flexibility index (Phi) is 59.7. The van der Waals surface area contributed by atoms with Gasteiger partial charge in [0.1, 0.15) is 0 Å². The van der Waals surface area contributed by atoms with Gasteiger partial charge in [-0.2, -0.15) is 150 Å². The van der Waals surface area contributed by atoms with E-state index < -0.39 is 15.0 Å². The molecule has 0 bridgehead atoms. The SMILES string of the molecule is CCCN(CCOS(=O)(=O)c1ccc(C)cc1)c1ccc([N+](=O)[O-])cc1.CCSCCSCCN(CCSCCSCC)c1ccc(CC(=O)CN(C)c2ccc3cc(C(C)=O)ccc3c2)cc1.CCSCCSCCN(CCSCCSCC)c1ccc(N)cc1.CCSCCSCCN(CCSCCSCC)c1ccc([N+](=O)[O-])cc1. The standard InChI is InChI=1S/C34H46N2O2S4.C18H22N2O5S.C18H30N2O2S4.C18H32N2S4/c1-5-39-19-21-41-17-15-36(16-18-42-22-20-40-6-2)32-12-7-28(8-13-32)23-34(38)26-35(4)33-14-11-30-24-29(27(3)37)9-10-31(30)25-33;1-3-12-19(16-6-8-17(9-7-16)20(21)22)13-14-25-26(23,24)18-10-4-15(2)5-11-18;1-3-23-13-15-25-11-9-19(10-12-26-16-14-24-4-2)17-5-7-18(8-6-17)20(21)22;1-3-21-13-15-23-11-9-20(10-12-24-16-14-22-4-2)18-7-5-17(19)6-8-18/h7-14,24-25H,5-6,15-23,26H2,1-4H3;4-11H,3,12-14H2,1-2H3;5-8H,3-4,9-16H2,1-2H3;5-8H,3-4,9-16,19H2,1-2H3. The first-order valence-electron chi connectivity index (χ1n) is 40.8. The topological polar surface area (TPSA) is 206 Å². The van der Waals surface area contributed by atoms with Crippen molar-refractivity contribution < 1.29 is 32.0 Å². The molecule has 0 aliphatic rings. The van der Waals surface area contributed by atoms with E-state index in [9.17, 15) is 38.2 Å². The van der Waals surface area contributed by atoms with Crippen LogP contribution in [0.3, 0.4) is 0 Å². The van der Waals surface area contributed by atoms with E-state index in [0.29, 0.717) is 31.6 Å². The molecular weight excluding hydrogens is 1730 g/mol. The number of non-ortho nitro benzene ring substituents is 2. The van der Waals surface area contributed by atoms with Crippen LogP contribution in [0.4, 0.5) is 45.5 Å². The van der Waals surface area contributed by atoms with Gasteiger partial charge in [-0.15, -0.1) is 0 Å². The number of anilines is 6. The van der Waals surface area contributed by atoms with E-state index in [4.69, 9.17) is 9.92 Å². The Morgan fingerprint density at radius 2 is 0.720 bits per heavy atom. The van der Waals surface area contributed by atoms with Gasteiger partial charge in [0.25, 0.3) is 21.5 Å². The Hall–Kier alpha value is -4.15. The van der Waals surface area contributed by atoms with E-state index in [1.54, 1.807) is 43.3 Å².